The van der Waals surface area contributed by atoms with E-state index in [9.17, 15) is 14.4 Å². The lowest BCUT2D eigenvalue weighted by Crippen LogP contribution is -2.38. The van der Waals surface area contributed by atoms with E-state index in [4.69, 9.17) is 11.1 Å². The molecule has 4 rings (SSSR count). The monoisotopic (exact) mass is 547 g/mol. The summed E-state index contributed by atoms with van der Waals surface area (Å²) in [5.74, 6) is -0.226. The number of hydrogen-bond donors (Lipinski definition) is 3. The molecule has 0 spiro atoms. The highest BCUT2D eigenvalue weighted by molar-refractivity contribution is 6.07. The number of anilines is 2. The summed E-state index contributed by atoms with van der Waals surface area (Å²) in [6, 6.07) is 22.3. The molecule has 4 N–H and O–H groups in total. The van der Waals surface area contributed by atoms with Gasteiger partial charge in [-0.3, -0.25) is 19.8 Å². The number of nitrogens with zero attached hydrogens (tertiary/aromatic N) is 2. The summed E-state index contributed by atoms with van der Waals surface area (Å²) in [6.45, 7) is 2.79. The molecule has 0 aromatic heterocycles. The number of fused-ring (bicyclic) bond motifs is 1. The van der Waals surface area contributed by atoms with Gasteiger partial charge in [0.2, 0.25) is 11.8 Å². The van der Waals surface area contributed by atoms with Crippen molar-refractivity contribution in [2.24, 2.45) is 5.73 Å². The molecular formula is C30H34ClN5O3. The second-order valence-electron chi connectivity index (χ2n) is 9.38. The van der Waals surface area contributed by atoms with Crippen molar-refractivity contribution in [3.63, 3.8) is 0 Å². The number of aryl methyl sites for hydroxylation is 2. The van der Waals surface area contributed by atoms with Gasteiger partial charge in [0.25, 0.3) is 5.91 Å². The minimum atomic E-state index is -0.151. The van der Waals surface area contributed by atoms with Gasteiger partial charge in [0.05, 0.1) is 0 Å². The summed E-state index contributed by atoms with van der Waals surface area (Å²) in [4.78, 5) is 41.6. The average molecular weight is 548 g/mol. The third kappa shape index (κ3) is 7.45. The Morgan fingerprint density at radius 2 is 1.69 bits per heavy atom. The number of carbonyl (C=O) groups excluding carboxylic acids is 3. The number of amidine groups is 1. The molecule has 1 aliphatic rings. The first-order valence-corrected chi connectivity index (χ1v) is 12.8. The van der Waals surface area contributed by atoms with Crippen molar-refractivity contribution in [1.82, 2.24) is 5.32 Å². The van der Waals surface area contributed by atoms with E-state index in [-0.39, 0.29) is 36.0 Å². The zero-order valence-corrected chi connectivity index (χ0v) is 22.8. The Balaban J connectivity index is 0.00000420. The van der Waals surface area contributed by atoms with Crippen LogP contribution in [0.2, 0.25) is 0 Å². The molecule has 3 aromatic carbocycles. The Hall–Kier alpha value is -4.17. The van der Waals surface area contributed by atoms with Gasteiger partial charge in [-0.25, -0.2) is 0 Å². The third-order valence-corrected chi connectivity index (χ3v) is 6.66. The number of amides is 3. The molecule has 39 heavy (non-hydrogen) atoms. The van der Waals surface area contributed by atoms with Crippen LogP contribution in [0.4, 0.5) is 11.4 Å². The van der Waals surface area contributed by atoms with Gasteiger partial charge < -0.3 is 20.9 Å². The normalized spacial score (nSPS) is 12.1. The van der Waals surface area contributed by atoms with Gasteiger partial charge in [0, 0.05) is 55.5 Å². The molecule has 1 heterocycles. The Labute approximate surface area is 235 Å². The van der Waals surface area contributed by atoms with Crippen LogP contribution in [0.3, 0.4) is 0 Å². The highest BCUT2D eigenvalue weighted by atomic mass is 35.5. The lowest BCUT2D eigenvalue weighted by molar-refractivity contribution is -0.119. The highest BCUT2D eigenvalue weighted by Crippen LogP contribution is 2.30. The van der Waals surface area contributed by atoms with E-state index in [1.54, 1.807) is 23.1 Å². The smallest absolute Gasteiger partial charge is 0.258 e. The zero-order valence-electron chi connectivity index (χ0n) is 22.0. The molecule has 0 saturated heterocycles. The molecule has 1 aliphatic heterocycles. The van der Waals surface area contributed by atoms with Crippen molar-refractivity contribution in [2.75, 3.05) is 29.4 Å². The summed E-state index contributed by atoms with van der Waals surface area (Å²) in [6.07, 6.45) is 2.59. The first-order valence-electron chi connectivity index (χ1n) is 12.8. The second kappa shape index (κ2) is 13.6. The quantitative estimate of drug-likeness (QED) is 0.276. The largest absolute Gasteiger partial charge is 0.384 e. The van der Waals surface area contributed by atoms with Gasteiger partial charge in [-0.05, 0) is 60.7 Å². The van der Waals surface area contributed by atoms with Crippen molar-refractivity contribution >= 4 is 47.3 Å². The van der Waals surface area contributed by atoms with Crippen LogP contribution in [0.25, 0.3) is 0 Å². The lowest BCUT2D eigenvalue weighted by atomic mass is 9.97. The molecule has 0 bridgehead atoms. The molecule has 0 fully saturated rings. The maximum absolute atomic E-state index is 13.6. The number of nitrogen functional groups attached to an aromatic ring is 1. The molecule has 0 atom stereocenters. The average Bonchev–Trinajstić information content (AvgIpc) is 2.93. The van der Waals surface area contributed by atoms with Crippen LogP contribution >= 0.6 is 12.4 Å². The van der Waals surface area contributed by atoms with E-state index < -0.39 is 0 Å². The fourth-order valence-corrected chi connectivity index (χ4v) is 4.68. The molecular weight excluding hydrogens is 514 g/mol. The van der Waals surface area contributed by atoms with Crippen LogP contribution in [-0.4, -0.2) is 43.2 Å². The third-order valence-electron chi connectivity index (χ3n) is 6.66. The molecule has 3 aromatic rings. The number of rotatable bonds is 9. The van der Waals surface area contributed by atoms with Gasteiger partial charge in [0.1, 0.15) is 5.84 Å². The van der Waals surface area contributed by atoms with E-state index >= 15 is 0 Å². The molecule has 0 unspecified atom stereocenters. The summed E-state index contributed by atoms with van der Waals surface area (Å²) in [7, 11) is 0. The standard InChI is InChI=1S/C30H33N5O3.ClH/c1-21(36)33-17-19-34(26-7-3-2-4-8-26)30(38)25-14-15-27-24(20-25)6-5-18-35(27)28(37)16-11-22-9-12-23(13-10-22)29(31)32;/h2-4,7-10,12-15,20H,5-6,11,16-19H2,1H3,(H3,31,32)(H,33,36);1H. The predicted octanol–water partition coefficient (Wildman–Crippen LogP) is 4.09. The fourth-order valence-electron chi connectivity index (χ4n) is 4.68. The molecule has 0 saturated carbocycles. The Morgan fingerprint density at radius 1 is 1.00 bits per heavy atom. The molecule has 0 aliphatic carbocycles. The molecule has 3 amide bonds. The van der Waals surface area contributed by atoms with Crippen molar-refractivity contribution < 1.29 is 14.4 Å². The fraction of sp³-hybridized carbons (Fsp3) is 0.267. The number of para-hydroxylation sites is 1. The van der Waals surface area contributed by atoms with Crippen LogP contribution in [0.15, 0.2) is 72.8 Å². The van der Waals surface area contributed by atoms with Crippen LogP contribution in [-0.2, 0) is 22.4 Å². The summed E-state index contributed by atoms with van der Waals surface area (Å²) >= 11 is 0. The maximum atomic E-state index is 13.6. The molecule has 204 valence electrons. The van der Waals surface area contributed by atoms with Gasteiger partial charge in [-0.1, -0.05) is 42.5 Å². The number of halogens is 1. The lowest BCUT2D eigenvalue weighted by Gasteiger charge is -2.30. The van der Waals surface area contributed by atoms with Crippen LogP contribution in [0, 0.1) is 5.41 Å². The summed E-state index contributed by atoms with van der Waals surface area (Å²) < 4.78 is 0. The summed E-state index contributed by atoms with van der Waals surface area (Å²) in [5.41, 5.74) is 10.3. The maximum Gasteiger partial charge on any atom is 0.258 e. The van der Waals surface area contributed by atoms with Crippen LogP contribution in [0.5, 0.6) is 0 Å². The molecule has 8 nitrogen and oxygen atoms in total. The van der Waals surface area contributed by atoms with Crippen LogP contribution in [0.1, 0.15) is 46.8 Å². The number of benzene rings is 3. The molecule has 9 heteroatoms. The van der Waals surface area contributed by atoms with E-state index in [0.29, 0.717) is 43.6 Å². The van der Waals surface area contributed by atoms with Crippen LogP contribution < -0.4 is 20.9 Å². The van der Waals surface area contributed by atoms with Crippen molar-refractivity contribution in [3.05, 3.63) is 95.1 Å². The van der Waals surface area contributed by atoms with Gasteiger partial charge in [-0.15, -0.1) is 12.4 Å². The predicted molar refractivity (Wildman–Crippen MR) is 157 cm³/mol. The number of hydrogen-bond acceptors (Lipinski definition) is 4. The topological polar surface area (TPSA) is 120 Å². The SMILES string of the molecule is CC(=O)NCCN(C(=O)c1ccc2c(c1)CCCN2C(=O)CCc1ccc(C(=N)N)cc1)c1ccccc1.Cl. The summed E-state index contributed by atoms with van der Waals surface area (Å²) in [5, 5.41) is 10.3. The van der Waals surface area contributed by atoms with Crippen molar-refractivity contribution in [3.8, 4) is 0 Å². The molecule has 0 radical (unpaired) electrons. The Bertz CT molecular complexity index is 1330. The van der Waals surface area contributed by atoms with E-state index in [0.717, 1.165) is 35.3 Å². The Morgan fingerprint density at radius 3 is 2.36 bits per heavy atom. The van der Waals surface area contributed by atoms with E-state index in [1.165, 1.54) is 6.92 Å². The second-order valence-corrected chi connectivity index (χ2v) is 9.38. The zero-order chi connectivity index (χ0) is 27.1. The van der Waals surface area contributed by atoms with Crippen molar-refractivity contribution in [2.45, 2.75) is 32.6 Å². The van der Waals surface area contributed by atoms with Gasteiger partial charge in [0.15, 0.2) is 0 Å². The van der Waals surface area contributed by atoms with E-state index in [2.05, 4.69) is 5.32 Å². The highest BCUT2D eigenvalue weighted by Gasteiger charge is 2.25. The Kier molecular flexibility index (Phi) is 10.2. The number of nitrogens with one attached hydrogen (secondary N) is 2. The van der Waals surface area contributed by atoms with Crippen molar-refractivity contribution in [1.29, 1.82) is 5.41 Å². The number of carbonyl (C=O) groups is 3. The van der Waals surface area contributed by atoms with E-state index in [1.807, 2.05) is 59.5 Å². The number of nitrogens with two attached hydrogens (primary N) is 1. The minimum absolute atomic E-state index is 0. The van der Waals surface area contributed by atoms with Gasteiger partial charge >= 0.3 is 0 Å². The van der Waals surface area contributed by atoms with Gasteiger partial charge in [-0.2, -0.15) is 0 Å². The minimum Gasteiger partial charge on any atom is -0.384 e. The first-order chi connectivity index (χ1) is 18.3. The first kappa shape index (κ1) is 29.4.